The van der Waals surface area contributed by atoms with E-state index in [1.165, 1.54) is 0 Å². The van der Waals surface area contributed by atoms with E-state index >= 15 is 0 Å². The molecule has 2 aliphatic rings. The molecule has 2 saturated heterocycles. The standard InChI is InChI=1S/C11H17F2NO4/c1-16-10(2-3-17-7-10)6-14-5-8-4-11(12,13)9(15)18-8/h8,14H,2-7H2,1H3. The quantitative estimate of drug-likeness (QED) is 0.726. The molecule has 2 heterocycles. The fraction of sp³-hybridized carbons (Fsp3) is 0.909. The van der Waals surface area contributed by atoms with Gasteiger partial charge in [0.2, 0.25) is 0 Å². The highest BCUT2D eigenvalue weighted by Crippen LogP contribution is 2.30. The van der Waals surface area contributed by atoms with E-state index in [1.807, 2.05) is 0 Å². The van der Waals surface area contributed by atoms with Gasteiger partial charge in [0.15, 0.2) is 0 Å². The molecule has 0 amide bonds. The summed E-state index contributed by atoms with van der Waals surface area (Å²) in [5, 5.41) is 3.00. The maximum absolute atomic E-state index is 12.9. The molecule has 2 aliphatic heterocycles. The summed E-state index contributed by atoms with van der Waals surface area (Å²) in [6.45, 7) is 1.80. The highest BCUT2D eigenvalue weighted by Gasteiger charge is 2.50. The maximum Gasteiger partial charge on any atom is 0.377 e. The number of nitrogens with one attached hydrogen (secondary N) is 1. The predicted octanol–water partition coefficient (Wildman–Crippen LogP) is 0.332. The van der Waals surface area contributed by atoms with E-state index in [2.05, 4.69) is 10.1 Å². The van der Waals surface area contributed by atoms with Crippen LogP contribution in [0.5, 0.6) is 0 Å². The van der Waals surface area contributed by atoms with Gasteiger partial charge in [0, 0.05) is 33.2 Å². The van der Waals surface area contributed by atoms with Crippen molar-refractivity contribution < 1.29 is 27.8 Å². The summed E-state index contributed by atoms with van der Waals surface area (Å²) in [6, 6.07) is 0. The lowest BCUT2D eigenvalue weighted by atomic mass is 10.0. The van der Waals surface area contributed by atoms with Crippen molar-refractivity contribution in [3.8, 4) is 0 Å². The predicted molar refractivity (Wildman–Crippen MR) is 57.5 cm³/mol. The summed E-state index contributed by atoms with van der Waals surface area (Å²) in [5.41, 5.74) is -0.398. The molecule has 0 aromatic heterocycles. The van der Waals surface area contributed by atoms with Crippen molar-refractivity contribution in [1.29, 1.82) is 0 Å². The third kappa shape index (κ3) is 2.78. The fourth-order valence-electron chi connectivity index (χ4n) is 2.18. The summed E-state index contributed by atoms with van der Waals surface area (Å²) >= 11 is 0. The molecule has 0 saturated carbocycles. The first-order valence-electron chi connectivity index (χ1n) is 5.90. The molecular weight excluding hydrogens is 248 g/mol. The van der Waals surface area contributed by atoms with Crippen molar-refractivity contribution in [3.05, 3.63) is 0 Å². The molecule has 0 aromatic rings. The molecule has 2 unspecified atom stereocenters. The molecule has 0 aliphatic carbocycles. The van der Waals surface area contributed by atoms with E-state index in [0.717, 1.165) is 6.42 Å². The Morgan fingerprint density at radius 1 is 1.56 bits per heavy atom. The van der Waals surface area contributed by atoms with Crippen LogP contribution in [0.2, 0.25) is 0 Å². The molecule has 7 heteroatoms. The Hall–Kier alpha value is -0.790. The second-order valence-corrected chi connectivity index (χ2v) is 4.76. The smallest absolute Gasteiger partial charge is 0.377 e. The number of carbonyl (C=O) groups excluding carboxylic acids is 1. The van der Waals surface area contributed by atoms with Gasteiger partial charge >= 0.3 is 11.9 Å². The zero-order valence-corrected chi connectivity index (χ0v) is 10.2. The first-order valence-corrected chi connectivity index (χ1v) is 5.90. The van der Waals surface area contributed by atoms with Gasteiger partial charge in [-0.15, -0.1) is 0 Å². The fourth-order valence-corrected chi connectivity index (χ4v) is 2.18. The summed E-state index contributed by atoms with van der Waals surface area (Å²) in [6.07, 6.45) is -0.574. The topological polar surface area (TPSA) is 56.8 Å². The second-order valence-electron chi connectivity index (χ2n) is 4.76. The molecular formula is C11H17F2NO4. The summed E-state index contributed by atoms with van der Waals surface area (Å²) < 4.78 is 41.0. The van der Waals surface area contributed by atoms with Gasteiger partial charge in [0.05, 0.1) is 13.0 Å². The van der Waals surface area contributed by atoms with Crippen LogP contribution in [0.4, 0.5) is 8.78 Å². The van der Waals surface area contributed by atoms with Crippen LogP contribution < -0.4 is 5.32 Å². The second kappa shape index (κ2) is 5.07. The van der Waals surface area contributed by atoms with Gasteiger partial charge in [0.1, 0.15) is 11.7 Å². The van der Waals surface area contributed by atoms with Gasteiger partial charge in [0.25, 0.3) is 0 Å². The average molecular weight is 265 g/mol. The largest absolute Gasteiger partial charge is 0.456 e. The molecule has 0 spiro atoms. The monoisotopic (exact) mass is 265 g/mol. The van der Waals surface area contributed by atoms with Crippen molar-refractivity contribution >= 4 is 5.97 Å². The molecule has 0 radical (unpaired) electrons. The van der Waals surface area contributed by atoms with Crippen LogP contribution in [0.15, 0.2) is 0 Å². The number of hydrogen-bond donors (Lipinski definition) is 1. The minimum absolute atomic E-state index is 0.201. The lowest BCUT2D eigenvalue weighted by Gasteiger charge is -2.26. The Morgan fingerprint density at radius 2 is 2.33 bits per heavy atom. The van der Waals surface area contributed by atoms with Crippen LogP contribution in [0.25, 0.3) is 0 Å². The minimum atomic E-state index is -3.35. The lowest BCUT2D eigenvalue weighted by molar-refractivity contribution is -0.159. The number of hydrogen-bond acceptors (Lipinski definition) is 5. The van der Waals surface area contributed by atoms with Crippen molar-refractivity contribution in [1.82, 2.24) is 5.32 Å². The Labute approximate surface area is 104 Å². The van der Waals surface area contributed by atoms with E-state index in [0.29, 0.717) is 19.8 Å². The van der Waals surface area contributed by atoms with E-state index in [9.17, 15) is 13.6 Å². The summed E-state index contributed by atoms with van der Waals surface area (Å²) in [5.74, 6) is -4.78. The first kappa shape index (κ1) is 13.6. The Bertz CT molecular complexity index is 318. The SMILES string of the molecule is COC1(CNCC2CC(F)(F)C(=O)O2)CCOC1. The molecule has 1 N–H and O–H groups in total. The molecule has 0 bridgehead atoms. The number of methoxy groups -OCH3 is 1. The van der Waals surface area contributed by atoms with Crippen molar-refractivity contribution in [2.45, 2.75) is 30.5 Å². The number of halogens is 2. The van der Waals surface area contributed by atoms with E-state index < -0.39 is 30.0 Å². The minimum Gasteiger partial charge on any atom is -0.456 e. The zero-order chi connectivity index (χ0) is 13.2. The van der Waals surface area contributed by atoms with Gasteiger partial charge in [-0.05, 0) is 0 Å². The molecule has 2 rings (SSSR count). The molecule has 104 valence electrons. The Morgan fingerprint density at radius 3 is 2.83 bits per heavy atom. The van der Waals surface area contributed by atoms with Crippen LogP contribution >= 0.6 is 0 Å². The van der Waals surface area contributed by atoms with Crippen LogP contribution in [0, 0.1) is 0 Å². The van der Waals surface area contributed by atoms with E-state index in [1.54, 1.807) is 7.11 Å². The van der Waals surface area contributed by atoms with E-state index in [-0.39, 0.29) is 6.54 Å². The Balaban J connectivity index is 1.75. The molecule has 0 aromatic carbocycles. The number of carbonyl (C=O) groups is 1. The van der Waals surface area contributed by atoms with Crippen molar-refractivity contribution in [2.24, 2.45) is 0 Å². The third-order valence-corrected chi connectivity index (χ3v) is 3.38. The van der Waals surface area contributed by atoms with Crippen LogP contribution in [-0.2, 0) is 19.0 Å². The van der Waals surface area contributed by atoms with Gasteiger partial charge in [-0.25, -0.2) is 4.79 Å². The number of rotatable bonds is 5. The normalized spacial score (nSPS) is 34.8. The van der Waals surface area contributed by atoms with Crippen molar-refractivity contribution in [2.75, 3.05) is 33.4 Å². The van der Waals surface area contributed by atoms with Gasteiger partial charge in [-0.1, -0.05) is 0 Å². The molecule has 18 heavy (non-hydrogen) atoms. The van der Waals surface area contributed by atoms with Crippen molar-refractivity contribution in [3.63, 3.8) is 0 Å². The Kier molecular flexibility index (Phi) is 3.84. The summed E-state index contributed by atoms with van der Waals surface area (Å²) in [7, 11) is 1.60. The summed E-state index contributed by atoms with van der Waals surface area (Å²) in [4.78, 5) is 10.8. The first-order chi connectivity index (χ1) is 8.47. The third-order valence-electron chi connectivity index (χ3n) is 3.38. The average Bonchev–Trinajstić information content (AvgIpc) is 2.86. The number of esters is 1. The lowest BCUT2D eigenvalue weighted by Crippen LogP contribution is -2.45. The van der Waals surface area contributed by atoms with Gasteiger partial charge in [-0.3, -0.25) is 0 Å². The van der Waals surface area contributed by atoms with Gasteiger partial charge in [-0.2, -0.15) is 8.78 Å². The van der Waals surface area contributed by atoms with Crippen LogP contribution in [0.1, 0.15) is 12.8 Å². The molecule has 2 atom stereocenters. The number of cyclic esters (lactones) is 1. The molecule has 5 nitrogen and oxygen atoms in total. The zero-order valence-electron chi connectivity index (χ0n) is 10.2. The highest BCUT2D eigenvalue weighted by molar-refractivity contribution is 5.79. The van der Waals surface area contributed by atoms with Crippen LogP contribution in [0.3, 0.4) is 0 Å². The van der Waals surface area contributed by atoms with E-state index in [4.69, 9.17) is 9.47 Å². The van der Waals surface area contributed by atoms with Gasteiger partial charge < -0.3 is 19.5 Å². The highest BCUT2D eigenvalue weighted by atomic mass is 19.3. The van der Waals surface area contributed by atoms with Crippen LogP contribution in [-0.4, -0.2) is 57.0 Å². The number of ether oxygens (including phenoxy) is 3. The molecule has 2 fully saturated rings. The number of alkyl halides is 2. The maximum atomic E-state index is 12.9.